The number of carboxylic acids is 1. The highest BCUT2D eigenvalue weighted by atomic mass is 16.4. The molecule has 0 amide bonds. The van der Waals surface area contributed by atoms with Crippen molar-refractivity contribution in [2.45, 2.75) is 26.7 Å². The quantitative estimate of drug-likeness (QED) is 0.430. The van der Waals surface area contributed by atoms with Gasteiger partial charge in [-0.2, -0.15) is 0 Å². The molecule has 0 heterocycles. The van der Waals surface area contributed by atoms with E-state index in [1.165, 1.54) is 0 Å². The Balaban J connectivity index is 1.95. The van der Waals surface area contributed by atoms with Crippen LogP contribution in [0.1, 0.15) is 56.3 Å². The average molecular weight is 411 g/mol. The van der Waals surface area contributed by atoms with Gasteiger partial charge >= 0.3 is 5.97 Å². The zero-order valence-corrected chi connectivity index (χ0v) is 18.2. The predicted molar refractivity (Wildman–Crippen MR) is 129 cm³/mol. The van der Waals surface area contributed by atoms with E-state index in [1.54, 1.807) is 24.3 Å². The van der Waals surface area contributed by atoms with Gasteiger partial charge in [0.25, 0.3) is 0 Å². The third-order valence-corrected chi connectivity index (χ3v) is 5.31. The van der Waals surface area contributed by atoms with E-state index in [0.717, 1.165) is 40.7 Å². The van der Waals surface area contributed by atoms with Crippen LogP contribution in [-0.4, -0.2) is 24.7 Å². The maximum absolute atomic E-state index is 13.3. The van der Waals surface area contributed by atoms with E-state index < -0.39 is 5.97 Å². The second kappa shape index (κ2) is 9.48. The van der Waals surface area contributed by atoms with Crippen molar-refractivity contribution in [3.05, 3.63) is 101 Å². The minimum Gasteiger partial charge on any atom is -0.478 e. The molecule has 0 fully saturated rings. The van der Waals surface area contributed by atoms with Gasteiger partial charge < -0.3 is 10.4 Å². The number of nitrogens with one attached hydrogen (secondary N) is 1. The molecule has 0 unspecified atom stereocenters. The largest absolute Gasteiger partial charge is 0.478 e. The molecule has 0 atom stereocenters. The van der Waals surface area contributed by atoms with Crippen LogP contribution in [0.4, 0.5) is 5.69 Å². The highest BCUT2D eigenvalue weighted by Crippen LogP contribution is 2.23. The molecule has 2 N–H and O–H groups in total. The van der Waals surface area contributed by atoms with Gasteiger partial charge in [0.2, 0.25) is 0 Å². The molecule has 0 aliphatic carbocycles. The molecule has 3 aromatic carbocycles. The van der Waals surface area contributed by atoms with Crippen molar-refractivity contribution >= 4 is 36.4 Å². The molecule has 3 rings (SSSR count). The fourth-order valence-corrected chi connectivity index (χ4v) is 3.58. The molecule has 0 radical (unpaired) electrons. The summed E-state index contributed by atoms with van der Waals surface area (Å²) in [5.41, 5.74) is 7.03. The lowest BCUT2D eigenvalue weighted by Crippen LogP contribution is -2.19. The molecule has 156 valence electrons. The number of benzene rings is 3. The van der Waals surface area contributed by atoms with Crippen LogP contribution in [0.25, 0.3) is 5.70 Å². The maximum atomic E-state index is 13.3. The molecule has 0 spiro atoms. The van der Waals surface area contributed by atoms with Gasteiger partial charge in [-0.05, 0) is 54.8 Å². The van der Waals surface area contributed by atoms with E-state index in [4.69, 9.17) is 5.11 Å². The molecule has 0 bridgehead atoms. The fraction of sp³-hybridized carbons (Fsp3) is 0.154. The number of carbonyl (C=O) groups is 2. The number of hydrogen-bond donors (Lipinski definition) is 2. The van der Waals surface area contributed by atoms with Crippen molar-refractivity contribution in [3.63, 3.8) is 0 Å². The number of ketones is 1. The summed E-state index contributed by atoms with van der Waals surface area (Å²) >= 11 is 0. The minimum atomic E-state index is -0.966. The van der Waals surface area contributed by atoms with Crippen molar-refractivity contribution in [1.29, 1.82) is 0 Å². The summed E-state index contributed by atoms with van der Waals surface area (Å²) in [6.07, 6.45) is 1.78. The summed E-state index contributed by atoms with van der Waals surface area (Å²) in [6, 6.07) is 18.1. The van der Waals surface area contributed by atoms with Gasteiger partial charge in [0, 0.05) is 22.5 Å². The first-order chi connectivity index (χ1) is 14.8. The number of carbonyl (C=O) groups excluding carboxylic acids is 1. The van der Waals surface area contributed by atoms with Gasteiger partial charge in [-0.3, -0.25) is 4.79 Å². The van der Waals surface area contributed by atoms with Gasteiger partial charge in [0.1, 0.15) is 7.85 Å². The van der Waals surface area contributed by atoms with Crippen molar-refractivity contribution in [2.75, 3.05) is 5.32 Å². The van der Waals surface area contributed by atoms with Crippen LogP contribution in [0.15, 0.2) is 67.2 Å². The third kappa shape index (κ3) is 5.12. The van der Waals surface area contributed by atoms with E-state index in [2.05, 4.69) is 18.8 Å². The molecule has 0 saturated heterocycles. The SMILES string of the molecule is Bc1cc(C(=C)Nc2ccc(C(=O)O)cc2)cc(C(=O)c2ccc(C)cc2)c1CCC. The van der Waals surface area contributed by atoms with Gasteiger partial charge in [-0.25, -0.2) is 4.79 Å². The van der Waals surface area contributed by atoms with E-state index in [9.17, 15) is 9.59 Å². The summed E-state index contributed by atoms with van der Waals surface area (Å²) < 4.78 is 0. The van der Waals surface area contributed by atoms with Crippen LogP contribution in [0, 0.1) is 6.92 Å². The molecular weight excluding hydrogens is 385 g/mol. The molecule has 5 heteroatoms. The van der Waals surface area contributed by atoms with Gasteiger partial charge in [-0.1, -0.05) is 61.3 Å². The number of hydrogen-bond acceptors (Lipinski definition) is 3. The summed E-state index contributed by atoms with van der Waals surface area (Å²) in [5, 5.41) is 12.3. The highest BCUT2D eigenvalue weighted by molar-refractivity contribution is 6.34. The molecule has 0 aliphatic rings. The van der Waals surface area contributed by atoms with E-state index >= 15 is 0 Å². The third-order valence-electron chi connectivity index (χ3n) is 5.31. The predicted octanol–water partition coefficient (Wildman–Crippen LogP) is 4.22. The Bertz CT molecular complexity index is 1130. The normalized spacial score (nSPS) is 10.5. The molecular formula is C26H26BNO3. The van der Waals surface area contributed by atoms with Gasteiger partial charge in [-0.15, -0.1) is 0 Å². The Hall–Kier alpha value is -3.60. The summed E-state index contributed by atoms with van der Waals surface area (Å²) in [4.78, 5) is 24.4. The maximum Gasteiger partial charge on any atom is 0.335 e. The Morgan fingerprint density at radius 3 is 2.16 bits per heavy atom. The van der Waals surface area contributed by atoms with E-state index in [1.807, 2.05) is 51.2 Å². The van der Waals surface area contributed by atoms with E-state index in [-0.39, 0.29) is 11.3 Å². The van der Waals surface area contributed by atoms with Crippen LogP contribution in [0.3, 0.4) is 0 Å². The molecule has 0 saturated carbocycles. The summed E-state index contributed by atoms with van der Waals surface area (Å²) in [7, 11) is 2.02. The van der Waals surface area contributed by atoms with Crippen LogP contribution in [0.5, 0.6) is 0 Å². The Kier molecular flexibility index (Phi) is 6.76. The number of carboxylic acid groups (broad SMARTS) is 1. The highest BCUT2D eigenvalue weighted by Gasteiger charge is 2.17. The van der Waals surface area contributed by atoms with Crippen LogP contribution in [-0.2, 0) is 6.42 Å². The first-order valence-corrected chi connectivity index (χ1v) is 10.3. The summed E-state index contributed by atoms with van der Waals surface area (Å²) in [6.45, 7) is 8.25. The average Bonchev–Trinajstić information content (AvgIpc) is 2.75. The number of aromatic carboxylic acids is 1. The monoisotopic (exact) mass is 411 g/mol. The Morgan fingerprint density at radius 2 is 1.58 bits per heavy atom. The van der Waals surface area contributed by atoms with Gasteiger partial charge in [0.15, 0.2) is 5.78 Å². The van der Waals surface area contributed by atoms with Crippen molar-refractivity contribution in [2.24, 2.45) is 0 Å². The minimum absolute atomic E-state index is 0.00649. The molecule has 4 nitrogen and oxygen atoms in total. The molecule has 0 aromatic heterocycles. The Morgan fingerprint density at radius 1 is 0.968 bits per heavy atom. The lowest BCUT2D eigenvalue weighted by molar-refractivity contribution is 0.0696. The first kappa shape index (κ1) is 22.1. The first-order valence-electron chi connectivity index (χ1n) is 10.3. The molecule has 3 aromatic rings. The number of rotatable bonds is 8. The lowest BCUT2D eigenvalue weighted by Gasteiger charge is -2.17. The standard InChI is InChI=1S/C26H26BNO3/c1-4-5-22-23(25(29)18-8-6-16(2)7-9-18)14-20(15-24(22)27)17(3)28-21-12-10-19(11-13-21)26(30)31/h6-15,28H,3-5,27H2,1-2H3,(H,30,31). The molecule has 0 aliphatic heterocycles. The zero-order chi connectivity index (χ0) is 22.5. The second-order valence-electron chi connectivity index (χ2n) is 7.75. The molecule has 31 heavy (non-hydrogen) atoms. The second-order valence-corrected chi connectivity index (χ2v) is 7.75. The van der Waals surface area contributed by atoms with E-state index in [0.29, 0.717) is 16.8 Å². The fourth-order valence-electron chi connectivity index (χ4n) is 3.58. The topological polar surface area (TPSA) is 66.4 Å². The van der Waals surface area contributed by atoms with Crippen LogP contribution >= 0.6 is 0 Å². The van der Waals surface area contributed by atoms with Crippen LogP contribution < -0.4 is 10.8 Å². The lowest BCUT2D eigenvalue weighted by atomic mass is 9.81. The van der Waals surface area contributed by atoms with Crippen LogP contribution in [0.2, 0.25) is 0 Å². The number of anilines is 1. The smallest absolute Gasteiger partial charge is 0.335 e. The zero-order valence-electron chi connectivity index (χ0n) is 18.2. The Labute approximate surface area is 184 Å². The summed E-state index contributed by atoms with van der Waals surface area (Å²) in [5.74, 6) is -0.959. The van der Waals surface area contributed by atoms with Gasteiger partial charge in [0.05, 0.1) is 5.56 Å². The van der Waals surface area contributed by atoms with Crippen molar-refractivity contribution in [1.82, 2.24) is 0 Å². The van der Waals surface area contributed by atoms with Crippen molar-refractivity contribution in [3.8, 4) is 0 Å². The number of aryl methyl sites for hydroxylation is 1. The van der Waals surface area contributed by atoms with Crippen molar-refractivity contribution < 1.29 is 14.7 Å².